The predicted molar refractivity (Wildman–Crippen MR) is 110 cm³/mol. The van der Waals surface area contributed by atoms with Crippen molar-refractivity contribution in [3.8, 4) is 0 Å². The smallest absolute Gasteiger partial charge is 0.223 e. The summed E-state index contributed by atoms with van der Waals surface area (Å²) in [4.78, 5) is 26.9. The number of carbonyl (C=O) groups is 2. The van der Waals surface area contributed by atoms with Crippen LogP contribution in [0.15, 0.2) is 30.5 Å². The maximum absolute atomic E-state index is 13.3. The summed E-state index contributed by atoms with van der Waals surface area (Å²) in [6.45, 7) is 4.05. The van der Waals surface area contributed by atoms with Crippen molar-refractivity contribution in [2.45, 2.75) is 50.6 Å². The van der Waals surface area contributed by atoms with Gasteiger partial charge >= 0.3 is 0 Å². The van der Waals surface area contributed by atoms with E-state index < -0.39 is 0 Å². The van der Waals surface area contributed by atoms with Crippen LogP contribution < -0.4 is 10.6 Å². The molecule has 2 fully saturated rings. The molecular weight excluding hydrogens is 352 g/mol. The first kappa shape index (κ1) is 19.0. The highest BCUT2D eigenvalue weighted by atomic mass is 16.2. The number of nitrogens with one attached hydrogen (secondary N) is 2. The van der Waals surface area contributed by atoms with Gasteiger partial charge in [0.15, 0.2) is 0 Å². The molecule has 1 atom stereocenters. The van der Waals surface area contributed by atoms with Crippen LogP contribution >= 0.6 is 0 Å². The Morgan fingerprint density at radius 1 is 1.25 bits per heavy atom. The number of aryl methyl sites for hydroxylation is 2. The molecule has 1 aromatic heterocycles. The number of para-hydroxylation sites is 1. The van der Waals surface area contributed by atoms with Gasteiger partial charge in [-0.25, -0.2) is 0 Å². The Morgan fingerprint density at radius 2 is 2.00 bits per heavy atom. The highest BCUT2D eigenvalue weighted by Crippen LogP contribution is 2.37. The number of rotatable bonds is 4. The molecule has 2 saturated heterocycles. The molecule has 3 heterocycles. The molecular formula is C22H30N4O2. The molecule has 0 unspecified atom stereocenters. The number of amides is 2. The SMILES string of the molecule is CC(=O)N[C@H]1CN(C(=O)CCc2cn(C)c3ccccc23)C2(CCNCC2)C1. The number of aromatic nitrogens is 1. The van der Waals surface area contributed by atoms with E-state index in [0.29, 0.717) is 13.0 Å². The number of nitrogens with zero attached hydrogens (tertiary/aromatic N) is 2. The van der Waals surface area contributed by atoms with Crippen LogP contribution in [-0.2, 0) is 23.1 Å². The number of piperidine rings is 1. The number of likely N-dealkylation sites (tertiary alicyclic amines) is 1. The number of carbonyl (C=O) groups excluding carboxylic acids is 2. The monoisotopic (exact) mass is 382 g/mol. The van der Waals surface area contributed by atoms with Crippen LogP contribution in [0, 0.1) is 0 Å². The molecule has 0 bridgehead atoms. The third kappa shape index (κ3) is 3.53. The molecule has 2 N–H and O–H groups in total. The van der Waals surface area contributed by atoms with Gasteiger partial charge in [-0.3, -0.25) is 9.59 Å². The van der Waals surface area contributed by atoms with E-state index in [1.807, 2.05) is 6.07 Å². The maximum Gasteiger partial charge on any atom is 0.223 e. The van der Waals surface area contributed by atoms with Crippen molar-refractivity contribution in [2.24, 2.45) is 7.05 Å². The Labute approximate surface area is 166 Å². The Hall–Kier alpha value is -2.34. The zero-order chi connectivity index (χ0) is 19.7. The fraction of sp³-hybridized carbons (Fsp3) is 0.545. The van der Waals surface area contributed by atoms with Gasteiger partial charge in [-0.2, -0.15) is 0 Å². The molecule has 1 aromatic carbocycles. The minimum absolute atomic E-state index is 0.0147. The zero-order valence-corrected chi connectivity index (χ0v) is 16.8. The second-order valence-corrected chi connectivity index (χ2v) is 8.36. The molecule has 150 valence electrons. The van der Waals surface area contributed by atoms with Gasteiger partial charge in [0.1, 0.15) is 0 Å². The van der Waals surface area contributed by atoms with Gasteiger partial charge < -0.3 is 20.1 Å². The van der Waals surface area contributed by atoms with Gasteiger partial charge in [-0.05, 0) is 50.4 Å². The molecule has 4 rings (SSSR count). The summed E-state index contributed by atoms with van der Waals surface area (Å²) in [5, 5.41) is 7.68. The molecule has 28 heavy (non-hydrogen) atoms. The molecule has 6 heteroatoms. The third-order valence-corrected chi connectivity index (χ3v) is 6.43. The van der Waals surface area contributed by atoms with Gasteiger partial charge in [0.25, 0.3) is 0 Å². The van der Waals surface area contributed by atoms with Crippen molar-refractivity contribution in [3.05, 3.63) is 36.0 Å². The molecule has 6 nitrogen and oxygen atoms in total. The lowest BCUT2D eigenvalue weighted by atomic mass is 9.84. The second-order valence-electron chi connectivity index (χ2n) is 8.36. The minimum atomic E-state index is -0.103. The Balaban J connectivity index is 1.49. The van der Waals surface area contributed by atoms with Crippen molar-refractivity contribution in [1.82, 2.24) is 20.1 Å². The Morgan fingerprint density at radius 3 is 2.75 bits per heavy atom. The first-order valence-corrected chi connectivity index (χ1v) is 10.3. The summed E-state index contributed by atoms with van der Waals surface area (Å²) in [6, 6.07) is 8.41. The molecule has 0 aliphatic carbocycles. The average molecular weight is 383 g/mol. The highest BCUT2D eigenvalue weighted by Gasteiger charge is 2.48. The number of hydrogen-bond acceptors (Lipinski definition) is 3. The van der Waals surface area contributed by atoms with E-state index >= 15 is 0 Å². The van der Waals surface area contributed by atoms with Crippen LogP contribution in [0.5, 0.6) is 0 Å². The summed E-state index contributed by atoms with van der Waals surface area (Å²) < 4.78 is 2.13. The molecule has 2 aromatic rings. The zero-order valence-electron chi connectivity index (χ0n) is 16.8. The predicted octanol–water partition coefficient (Wildman–Crippen LogP) is 1.97. The first-order valence-electron chi connectivity index (χ1n) is 10.3. The van der Waals surface area contributed by atoms with E-state index in [9.17, 15) is 9.59 Å². The summed E-state index contributed by atoms with van der Waals surface area (Å²) in [5.41, 5.74) is 2.32. The van der Waals surface area contributed by atoms with E-state index in [1.54, 1.807) is 6.92 Å². The molecule has 2 aliphatic heterocycles. The van der Waals surface area contributed by atoms with Gasteiger partial charge in [0, 0.05) is 55.6 Å². The van der Waals surface area contributed by atoms with E-state index in [1.165, 1.54) is 16.5 Å². The van der Waals surface area contributed by atoms with Crippen LogP contribution in [0.25, 0.3) is 10.9 Å². The lowest BCUT2D eigenvalue weighted by Crippen LogP contribution is -2.53. The van der Waals surface area contributed by atoms with E-state index in [-0.39, 0.29) is 23.4 Å². The van der Waals surface area contributed by atoms with Crippen LogP contribution in [0.4, 0.5) is 0 Å². The fourth-order valence-corrected chi connectivity index (χ4v) is 5.17. The van der Waals surface area contributed by atoms with Gasteiger partial charge in [0.2, 0.25) is 11.8 Å². The molecule has 2 aliphatic rings. The first-order chi connectivity index (χ1) is 13.5. The normalized spacial score (nSPS) is 21.4. The van der Waals surface area contributed by atoms with Crippen LogP contribution in [0.1, 0.15) is 38.2 Å². The standard InChI is InChI=1S/C22H30N4O2/c1-16(27)24-18-13-22(9-11-23-12-10-22)26(15-18)21(28)8-7-17-14-25(2)20-6-4-3-5-19(17)20/h3-6,14,18,23H,7-13,15H2,1-2H3,(H,24,27)/t18-/m1/s1. The van der Waals surface area contributed by atoms with Crippen LogP contribution in [0.3, 0.4) is 0 Å². The van der Waals surface area contributed by atoms with E-state index in [0.717, 1.165) is 38.8 Å². The minimum Gasteiger partial charge on any atom is -0.352 e. The van der Waals surface area contributed by atoms with Crippen molar-refractivity contribution < 1.29 is 9.59 Å². The Kier molecular flexibility index (Phi) is 5.15. The molecule has 0 saturated carbocycles. The largest absolute Gasteiger partial charge is 0.352 e. The lowest BCUT2D eigenvalue weighted by molar-refractivity contribution is -0.136. The second kappa shape index (κ2) is 7.59. The molecule has 1 spiro atoms. The summed E-state index contributed by atoms with van der Waals surface area (Å²) in [5.74, 6) is 0.196. The third-order valence-electron chi connectivity index (χ3n) is 6.43. The maximum atomic E-state index is 13.3. The number of hydrogen-bond donors (Lipinski definition) is 2. The fourth-order valence-electron chi connectivity index (χ4n) is 5.17. The van der Waals surface area contributed by atoms with Gasteiger partial charge in [-0.15, -0.1) is 0 Å². The summed E-state index contributed by atoms with van der Waals surface area (Å²) in [7, 11) is 2.05. The van der Waals surface area contributed by atoms with Gasteiger partial charge in [0.05, 0.1) is 0 Å². The van der Waals surface area contributed by atoms with E-state index in [4.69, 9.17) is 0 Å². The van der Waals surface area contributed by atoms with Crippen LogP contribution in [-0.4, -0.2) is 52.5 Å². The van der Waals surface area contributed by atoms with Crippen molar-refractivity contribution in [3.63, 3.8) is 0 Å². The topological polar surface area (TPSA) is 66.4 Å². The molecule has 2 amide bonds. The van der Waals surface area contributed by atoms with Crippen LogP contribution in [0.2, 0.25) is 0 Å². The quantitative estimate of drug-likeness (QED) is 0.850. The average Bonchev–Trinajstić information content (AvgIpc) is 3.18. The summed E-state index contributed by atoms with van der Waals surface area (Å²) in [6.07, 6.45) is 6.19. The number of fused-ring (bicyclic) bond motifs is 1. The summed E-state index contributed by atoms with van der Waals surface area (Å²) >= 11 is 0. The van der Waals surface area contributed by atoms with Crippen molar-refractivity contribution >= 4 is 22.7 Å². The van der Waals surface area contributed by atoms with Gasteiger partial charge in [-0.1, -0.05) is 18.2 Å². The lowest BCUT2D eigenvalue weighted by Gasteiger charge is -2.41. The van der Waals surface area contributed by atoms with Crippen molar-refractivity contribution in [1.29, 1.82) is 0 Å². The molecule has 0 radical (unpaired) electrons. The Bertz CT molecular complexity index is 882. The highest BCUT2D eigenvalue weighted by molar-refractivity contribution is 5.85. The van der Waals surface area contributed by atoms with E-state index in [2.05, 4.69) is 51.5 Å². The number of benzene rings is 1. The van der Waals surface area contributed by atoms with Crippen molar-refractivity contribution in [2.75, 3.05) is 19.6 Å².